The predicted octanol–water partition coefficient (Wildman–Crippen LogP) is 0.100. The minimum atomic E-state index is -4.09. The summed E-state index contributed by atoms with van der Waals surface area (Å²) in [7, 11) is -4.09. The molecular formula is C21H21N7O10S3. The number of nitrogens with zero attached hydrogens (tertiary/aromatic N) is 5. The molecule has 20 heteroatoms. The summed E-state index contributed by atoms with van der Waals surface area (Å²) in [5, 5.41) is 16.3. The molecule has 2 aliphatic rings. The summed E-state index contributed by atoms with van der Waals surface area (Å²) in [6.07, 6.45) is 0.774. The molecule has 17 nitrogen and oxygen atoms in total. The number of hydrogen-bond acceptors (Lipinski definition) is 16. The van der Waals surface area contributed by atoms with Crippen molar-refractivity contribution in [1.29, 1.82) is 0 Å². The second-order valence-electron chi connectivity index (χ2n) is 8.23. The Morgan fingerprint density at radius 3 is 2.61 bits per heavy atom. The van der Waals surface area contributed by atoms with Crippen LogP contribution in [0.2, 0.25) is 0 Å². The highest BCUT2D eigenvalue weighted by Gasteiger charge is 2.55. The lowest BCUT2D eigenvalue weighted by Crippen LogP contribution is -2.71. The van der Waals surface area contributed by atoms with Crippen LogP contribution in [0, 0.1) is 10.1 Å². The monoisotopic (exact) mass is 627 g/mol. The number of thioether (sulfide) groups is 1. The second kappa shape index (κ2) is 12.1. The summed E-state index contributed by atoms with van der Waals surface area (Å²) in [6.45, 7) is 1.43. The summed E-state index contributed by atoms with van der Waals surface area (Å²) in [5.41, 5.74) is 5.05. The van der Waals surface area contributed by atoms with Crippen molar-refractivity contribution < 1.29 is 41.5 Å². The lowest BCUT2D eigenvalue weighted by atomic mass is 10.0. The zero-order valence-corrected chi connectivity index (χ0v) is 23.7. The highest BCUT2D eigenvalue weighted by molar-refractivity contribution is 8.00. The maximum Gasteiger partial charge on any atom is 0.359 e. The van der Waals surface area contributed by atoms with Gasteiger partial charge in [-0.3, -0.25) is 24.6 Å². The SMILES string of the molecule is CCO/N=C(/C(=O)NC1C(=O)N2C(C(=O)OCc3ccc([N+](=O)[O-])cc3)=C(OS(C)(=O)=O)CS[C@H]12)c1nsc(N)n1. The number of nitro groups is 1. The molecule has 3 heterocycles. The van der Waals surface area contributed by atoms with Gasteiger partial charge in [0, 0.05) is 23.7 Å². The normalized spacial score (nSPS) is 18.7. The van der Waals surface area contributed by atoms with E-state index in [4.69, 9.17) is 19.5 Å². The number of nitrogens with two attached hydrogens (primary N) is 1. The first-order valence-corrected chi connectivity index (χ1v) is 15.1. The molecule has 1 saturated heterocycles. The Morgan fingerprint density at radius 1 is 1.32 bits per heavy atom. The number of ether oxygens (including phenoxy) is 1. The minimum Gasteiger partial charge on any atom is -0.456 e. The molecule has 3 N–H and O–H groups in total. The van der Waals surface area contributed by atoms with Crippen LogP contribution >= 0.6 is 23.3 Å². The minimum absolute atomic E-state index is 0.0751. The Morgan fingerprint density at radius 2 is 2.02 bits per heavy atom. The summed E-state index contributed by atoms with van der Waals surface area (Å²) >= 11 is 1.86. The molecule has 1 aromatic heterocycles. The molecule has 0 spiro atoms. The van der Waals surface area contributed by atoms with Crippen LogP contribution in [0.15, 0.2) is 40.9 Å². The van der Waals surface area contributed by atoms with Gasteiger partial charge in [0.05, 0.1) is 16.9 Å². The largest absolute Gasteiger partial charge is 0.456 e. The third-order valence-corrected chi connectivity index (χ3v) is 7.64. The van der Waals surface area contributed by atoms with E-state index in [1.807, 2.05) is 0 Å². The number of hydrogen-bond donors (Lipinski definition) is 2. The number of rotatable bonds is 11. The lowest BCUT2D eigenvalue weighted by molar-refractivity contribution is -0.384. The Hall–Kier alpha value is -4.30. The van der Waals surface area contributed by atoms with Crippen molar-refractivity contribution in [1.82, 2.24) is 19.6 Å². The number of carbonyl (C=O) groups excluding carboxylic acids is 3. The van der Waals surface area contributed by atoms with Gasteiger partial charge in [-0.05, 0) is 24.6 Å². The predicted molar refractivity (Wildman–Crippen MR) is 143 cm³/mol. The molecule has 2 aromatic rings. The maximum atomic E-state index is 13.2. The number of amides is 2. The Balaban J connectivity index is 1.53. The van der Waals surface area contributed by atoms with E-state index in [0.717, 1.165) is 34.5 Å². The topological polar surface area (TPSA) is 236 Å². The molecule has 1 aromatic carbocycles. The number of oxime groups is 1. The Kier molecular flexibility index (Phi) is 8.73. The molecule has 0 aliphatic carbocycles. The smallest absolute Gasteiger partial charge is 0.359 e. The molecule has 2 amide bonds. The van der Waals surface area contributed by atoms with E-state index < -0.39 is 49.9 Å². The van der Waals surface area contributed by atoms with Crippen LogP contribution in [0.4, 0.5) is 10.8 Å². The molecule has 0 saturated carbocycles. The Labute approximate surface area is 240 Å². The van der Waals surface area contributed by atoms with Gasteiger partial charge in [-0.2, -0.15) is 17.8 Å². The summed E-state index contributed by atoms with van der Waals surface area (Å²) < 4.78 is 37.9. The van der Waals surface area contributed by atoms with Crippen LogP contribution < -0.4 is 11.1 Å². The van der Waals surface area contributed by atoms with Crippen molar-refractivity contribution in [3.05, 3.63) is 57.2 Å². The van der Waals surface area contributed by atoms with Gasteiger partial charge in [-0.1, -0.05) is 5.16 Å². The van der Waals surface area contributed by atoms with E-state index in [0.29, 0.717) is 5.56 Å². The summed E-state index contributed by atoms with van der Waals surface area (Å²) in [4.78, 5) is 59.4. The highest BCUT2D eigenvalue weighted by Crippen LogP contribution is 2.41. The van der Waals surface area contributed by atoms with Crippen molar-refractivity contribution in [2.24, 2.45) is 5.16 Å². The van der Waals surface area contributed by atoms with Crippen LogP contribution in [0.3, 0.4) is 0 Å². The standard InChI is InChI=1S/C21H21N7O10S3/c1-3-37-25-13(16-24-21(22)40-26-16)17(29)23-14-18(30)27-15(12(9-39-19(14)27)38-41(2,34)35)20(31)36-8-10-4-6-11(7-5-10)28(32)33/h4-7,14,19H,3,8-9H2,1-2H3,(H,23,29)(H2,22,24,26)/b25-13+/t14?,19-/m1/s1. The Bertz CT molecular complexity index is 1560. The van der Waals surface area contributed by atoms with Crippen molar-refractivity contribution in [3.63, 3.8) is 0 Å². The van der Waals surface area contributed by atoms with Crippen LogP contribution in [-0.4, -0.2) is 81.1 Å². The molecule has 1 unspecified atom stereocenters. The van der Waals surface area contributed by atoms with Gasteiger partial charge in [-0.25, -0.2) is 4.79 Å². The molecule has 2 aliphatic heterocycles. The molecule has 1 fully saturated rings. The zero-order valence-electron chi connectivity index (χ0n) is 21.2. The van der Waals surface area contributed by atoms with Gasteiger partial charge >= 0.3 is 16.1 Å². The number of nitrogens with one attached hydrogen (secondary N) is 1. The molecule has 0 radical (unpaired) electrons. The molecule has 218 valence electrons. The summed E-state index contributed by atoms with van der Waals surface area (Å²) in [6, 6.07) is 4.05. The number of esters is 1. The van der Waals surface area contributed by atoms with Gasteiger partial charge in [0.2, 0.25) is 11.5 Å². The first-order valence-electron chi connectivity index (χ1n) is 11.5. The summed E-state index contributed by atoms with van der Waals surface area (Å²) in [5.74, 6) is -3.28. The number of non-ortho nitro benzene ring substituents is 1. The van der Waals surface area contributed by atoms with Crippen LogP contribution in [0.5, 0.6) is 0 Å². The van der Waals surface area contributed by atoms with Crippen molar-refractivity contribution >= 4 is 67.7 Å². The van der Waals surface area contributed by atoms with E-state index in [9.17, 15) is 32.9 Å². The first-order chi connectivity index (χ1) is 19.4. The second-order valence-corrected chi connectivity index (χ2v) is 11.7. The van der Waals surface area contributed by atoms with Gasteiger partial charge in [0.15, 0.2) is 16.6 Å². The number of fused-ring (bicyclic) bond motifs is 1. The fourth-order valence-corrected chi connectivity index (χ4v) is 5.88. The first kappa shape index (κ1) is 29.7. The van der Waals surface area contributed by atoms with E-state index >= 15 is 0 Å². The lowest BCUT2D eigenvalue weighted by Gasteiger charge is -2.49. The van der Waals surface area contributed by atoms with Gasteiger partial charge in [-0.15, -0.1) is 11.8 Å². The third kappa shape index (κ3) is 6.72. The van der Waals surface area contributed by atoms with Crippen LogP contribution in [0.25, 0.3) is 0 Å². The number of β-lactam (4-membered cyclic amide) rings is 1. The quantitative estimate of drug-likeness (QED) is 0.0839. The van der Waals surface area contributed by atoms with E-state index in [1.165, 1.54) is 24.3 Å². The molecule has 2 atom stereocenters. The molecule has 0 bridgehead atoms. The number of benzene rings is 1. The number of anilines is 1. The van der Waals surface area contributed by atoms with Crippen molar-refractivity contribution in [2.75, 3.05) is 24.3 Å². The van der Waals surface area contributed by atoms with Crippen molar-refractivity contribution in [3.8, 4) is 0 Å². The number of nitro benzene ring substituents is 1. The number of carbonyl (C=O) groups is 3. The fraction of sp³-hybridized carbons (Fsp3) is 0.333. The van der Waals surface area contributed by atoms with Gasteiger partial charge in [0.1, 0.15) is 24.6 Å². The number of aromatic nitrogens is 2. The van der Waals surface area contributed by atoms with E-state index in [2.05, 4.69) is 19.8 Å². The number of nitrogen functional groups attached to an aromatic ring is 1. The van der Waals surface area contributed by atoms with Crippen molar-refractivity contribution in [2.45, 2.75) is 24.9 Å². The highest BCUT2D eigenvalue weighted by atomic mass is 32.2. The van der Waals surface area contributed by atoms with E-state index in [1.54, 1.807) is 6.92 Å². The van der Waals surface area contributed by atoms with E-state index in [-0.39, 0.29) is 47.1 Å². The molecule has 41 heavy (non-hydrogen) atoms. The van der Waals surface area contributed by atoms with Gasteiger partial charge < -0.3 is 24.8 Å². The van der Waals surface area contributed by atoms with Crippen LogP contribution in [0.1, 0.15) is 18.3 Å². The molecule has 4 rings (SSSR count). The van der Waals surface area contributed by atoms with Gasteiger partial charge in [0.25, 0.3) is 17.5 Å². The average Bonchev–Trinajstić information content (AvgIpc) is 3.35. The van der Waals surface area contributed by atoms with Crippen LogP contribution in [-0.2, 0) is 44.9 Å². The third-order valence-electron chi connectivity index (χ3n) is 5.34. The average molecular weight is 628 g/mol. The zero-order chi connectivity index (χ0) is 29.9. The fourth-order valence-electron chi connectivity index (χ4n) is 3.61. The molecular weight excluding hydrogens is 606 g/mol. The maximum absolute atomic E-state index is 13.2.